The zero-order valence-corrected chi connectivity index (χ0v) is 20.4. The number of hydrogen-bond acceptors (Lipinski definition) is 0. The minimum absolute atomic E-state index is 0.0289. The maximum Gasteiger partial charge on any atom is 0.146 e. The van der Waals surface area contributed by atoms with E-state index in [1.807, 2.05) is 18.2 Å². The highest BCUT2D eigenvalue weighted by Gasteiger charge is 2.06. The van der Waals surface area contributed by atoms with E-state index in [1.54, 1.807) is 18.2 Å². The number of unbranched alkanes of at least 4 members (excludes halogenated alkanes) is 3. The number of benzene rings is 4. The quantitative estimate of drug-likeness (QED) is 0.197. The molecule has 0 amide bonds. The summed E-state index contributed by atoms with van der Waals surface area (Å²) in [5.74, 6) is 11.0. The van der Waals surface area contributed by atoms with E-state index in [2.05, 4.69) is 54.9 Å². The molecule has 0 aromatic heterocycles. The fourth-order valence-electron chi connectivity index (χ4n) is 3.83. The first-order valence-corrected chi connectivity index (χ1v) is 12.2. The smallest absolute Gasteiger partial charge is 0.146 e. The number of rotatable bonds is 5. The van der Waals surface area contributed by atoms with Crippen LogP contribution >= 0.6 is 11.6 Å². The lowest BCUT2D eigenvalue weighted by molar-refractivity contribution is 0.628. The second kappa shape index (κ2) is 11.7. The summed E-state index contributed by atoms with van der Waals surface area (Å²) in [6.45, 7) is 2.22. The molecule has 0 fully saturated rings. The summed E-state index contributed by atoms with van der Waals surface area (Å²) in [5, 5.41) is 1.25. The maximum atomic E-state index is 15.0. The van der Waals surface area contributed by atoms with Crippen molar-refractivity contribution < 1.29 is 8.78 Å². The Bertz CT molecular complexity index is 1460. The summed E-state index contributed by atoms with van der Waals surface area (Å²) in [6, 6.07) is 21.5. The lowest BCUT2D eigenvalue weighted by Gasteiger charge is -2.03. The third-order valence-electron chi connectivity index (χ3n) is 5.84. The van der Waals surface area contributed by atoms with Crippen molar-refractivity contribution in [1.82, 2.24) is 0 Å². The first kappa shape index (κ1) is 24.5. The molecule has 0 spiro atoms. The Balaban J connectivity index is 1.49. The van der Waals surface area contributed by atoms with Gasteiger partial charge in [-0.2, -0.15) is 0 Å². The van der Waals surface area contributed by atoms with E-state index >= 15 is 4.39 Å². The van der Waals surface area contributed by atoms with Crippen molar-refractivity contribution in [1.29, 1.82) is 0 Å². The number of halogens is 3. The molecule has 4 aromatic carbocycles. The van der Waals surface area contributed by atoms with Crippen molar-refractivity contribution >= 4 is 22.4 Å². The normalized spacial score (nSPS) is 10.4. The molecule has 0 nitrogen and oxygen atoms in total. The van der Waals surface area contributed by atoms with Gasteiger partial charge < -0.3 is 0 Å². The first-order valence-electron chi connectivity index (χ1n) is 11.8. The van der Waals surface area contributed by atoms with Crippen LogP contribution < -0.4 is 0 Å². The van der Waals surface area contributed by atoms with Gasteiger partial charge in [0, 0.05) is 22.1 Å². The van der Waals surface area contributed by atoms with Gasteiger partial charge in [0.05, 0.1) is 10.6 Å². The van der Waals surface area contributed by atoms with Gasteiger partial charge in [-0.15, -0.1) is 0 Å². The molecular formula is C32H25ClF2. The molecule has 0 saturated carbocycles. The van der Waals surface area contributed by atoms with Gasteiger partial charge in [-0.05, 0) is 72.3 Å². The molecule has 3 heteroatoms. The van der Waals surface area contributed by atoms with Crippen molar-refractivity contribution in [2.45, 2.75) is 39.0 Å². The van der Waals surface area contributed by atoms with Crippen LogP contribution in [0.5, 0.6) is 0 Å². The molecule has 0 saturated heterocycles. The van der Waals surface area contributed by atoms with E-state index in [0.717, 1.165) is 22.9 Å². The minimum atomic E-state index is -0.551. The van der Waals surface area contributed by atoms with E-state index < -0.39 is 11.6 Å². The predicted octanol–water partition coefficient (Wildman–Crippen LogP) is 8.69. The van der Waals surface area contributed by atoms with Gasteiger partial charge in [0.15, 0.2) is 0 Å². The van der Waals surface area contributed by atoms with Crippen LogP contribution in [0.1, 0.15) is 60.4 Å². The minimum Gasteiger partial charge on any atom is -0.205 e. The van der Waals surface area contributed by atoms with Crippen LogP contribution in [-0.2, 0) is 6.42 Å². The number of fused-ring (bicyclic) bond motifs is 1. The highest BCUT2D eigenvalue weighted by molar-refractivity contribution is 6.30. The van der Waals surface area contributed by atoms with Crippen LogP contribution in [0, 0.1) is 35.3 Å². The van der Waals surface area contributed by atoms with Crippen LogP contribution in [0.4, 0.5) is 8.78 Å². The topological polar surface area (TPSA) is 0 Å². The molecule has 4 aromatic rings. The Morgan fingerprint density at radius 3 is 2.14 bits per heavy atom. The second-order valence-corrected chi connectivity index (χ2v) is 8.91. The van der Waals surface area contributed by atoms with Gasteiger partial charge in [-0.1, -0.05) is 85.7 Å². The van der Waals surface area contributed by atoms with Gasteiger partial charge in [0.1, 0.15) is 11.6 Å². The SMILES string of the molecule is CCCCCCc1ccc(C#Cc2ccc3c(F)c(C#Cc4ccc(Cl)c(F)c4)ccc3c2)cc1. The predicted molar refractivity (Wildman–Crippen MR) is 142 cm³/mol. The lowest BCUT2D eigenvalue weighted by atomic mass is 10.0. The van der Waals surface area contributed by atoms with Crippen LogP contribution in [-0.4, -0.2) is 0 Å². The molecule has 0 atom stereocenters. The molecule has 0 aliphatic carbocycles. The molecule has 0 bridgehead atoms. The molecule has 35 heavy (non-hydrogen) atoms. The highest BCUT2D eigenvalue weighted by atomic mass is 35.5. The molecular weight excluding hydrogens is 458 g/mol. The Hall–Kier alpha value is -3.59. The van der Waals surface area contributed by atoms with Crippen molar-refractivity contribution in [2.75, 3.05) is 0 Å². The second-order valence-electron chi connectivity index (χ2n) is 8.50. The van der Waals surface area contributed by atoms with Crippen molar-refractivity contribution in [3.8, 4) is 23.7 Å². The largest absolute Gasteiger partial charge is 0.205 e. The summed E-state index contributed by atoms with van der Waals surface area (Å²) in [4.78, 5) is 0. The fraction of sp³-hybridized carbons (Fsp3) is 0.188. The van der Waals surface area contributed by atoms with Gasteiger partial charge in [-0.3, -0.25) is 0 Å². The third-order valence-corrected chi connectivity index (χ3v) is 6.15. The van der Waals surface area contributed by atoms with Crippen molar-refractivity contribution in [2.24, 2.45) is 0 Å². The lowest BCUT2D eigenvalue weighted by Crippen LogP contribution is -1.88. The van der Waals surface area contributed by atoms with E-state index in [0.29, 0.717) is 10.9 Å². The summed E-state index contributed by atoms with van der Waals surface area (Å²) in [6.07, 6.45) is 6.14. The van der Waals surface area contributed by atoms with E-state index in [-0.39, 0.29) is 10.6 Å². The zero-order valence-electron chi connectivity index (χ0n) is 19.6. The highest BCUT2D eigenvalue weighted by Crippen LogP contribution is 2.22. The summed E-state index contributed by atoms with van der Waals surface area (Å²) in [5.41, 5.74) is 3.80. The maximum absolute atomic E-state index is 15.0. The van der Waals surface area contributed by atoms with Crippen LogP contribution in [0.25, 0.3) is 10.8 Å². The third kappa shape index (κ3) is 6.51. The van der Waals surface area contributed by atoms with Crippen LogP contribution in [0.15, 0.2) is 72.8 Å². The van der Waals surface area contributed by atoms with Crippen molar-refractivity contribution in [3.63, 3.8) is 0 Å². The van der Waals surface area contributed by atoms with Gasteiger partial charge >= 0.3 is 0 Å². The molecule has 4 rings (SSSR count). The van der Waals surface area contributed by atoms with Gasteiger partial charge in [-0.25, -0.2) is 8.78 Å². The molecule has 0 aliphatic heterocycles. The average molecular weight is 483 g/mol. The Morgan fingerprint density at radius 1 is 0.686 bits per heavy atom. The number of aryl methyl sites for hydroxylation is 1. The van der Waals surface area contributed by atoms with E-state index in [4.69, 9.17) is 11.6 Å². The monoisotopic (exact) mass is 482 g/mol. The van der Waals surface area contributed by atoms with E-state index in [1.165, 1.54) is 43.4 Å². The zero-order chi connectivity index (χ0) is 24.6. The van der Waals surface area contributed by atoms with Gasteiger partial charge in [0.25, 0.3) is 0 Å². The first-order chi connectivity index (χ1) is 17.0. The molecule has 174 valence electrons. The fourth-order valence-corrected chi connectivity index (χ4v) is 3.95. The van der Waals surface area contributed by atoms with Gasteiger partial charge in [0.2, 0.25) is 0 Å². The Labute approximate surface area is 211 Å². The Kier molecular flexibility index (Phi) is 8.20. The summed E-state index contributed by atoms with van der Waals surface area (Å²) in [7, 11) is 0. The summed E-state index contributed by atoms with van der Waals surface area (Å²) >= 11 is 5.70. The molecule has 0 unspecified atom stereocenters. The number of hydrogen-bond donors (Lipinski definition) is 0. The molecule has 0 radical (unpaired) electrons. The average Bonchev–Trinajstić information content (AvgIpc) is 2.87. The van der Waals surface area contributed by atoms with E-state index in [9.17, 15) is 4.39 Å². The molecule has 0 N–H and O–H groups in total. The van der Waals surface area contributed by atoms with Crippen LogP contribution in [0.2, 0.25) is 5.02 Å². The summed E-state index contributed by atoms with van der Waals surface area (Å²) < 4.78 is 28.6. The standard InChI is InChI=1S/C32H25ClF2/c1-2-3-4-5-6-23-7-9-24(10-8-23)11-12-25-14-19-29-28(21-25)18-17-27(32(29)35)16-13-26-15-20-30(33)31(34)22-26/h7-10,14-15,17-22H,2-6H2,1H3. The van der Waals surface area contributed by atoms with Crippen LogP contribution in [0.3, 0.4) is 0 Å². The van der Waals surface area contributed by atoms with Crippen molar-refractivity contribution in [3.05, 3.63) is 117 Å². The Morgan fingerprint density at radius 2 is 1.37 bits per heavy atom. The molecule has 0 heterocycles. The molecule has 0 aliphatic rings.